The van der Waals surface area contributed by atoms with Crippen LogP contribution in [0.4, 0.5) is 0 Å². The van der Waals surface area contributed by atoms with Gasteiger partial charge in [0.1, 0.15) is 4.99 Å². The van der Waals surface area contributed by atoms with Crippen molar-refractivity contribution in [2.45, 2.75) is 38.0 Å². The quantitative estimate of drug-likeness (QED) is 0.845. The standard InChI is InChI=1S/C15H22N2O2S2/c1-3-15(4-2)9-10-17(11-15)21(18,19)13-8-6-5-7-12(13)14(16)20/h5-8H,3-4,9-11H2,1-2H3,(H2,16,20). The molecule has 0 unspecified atom stereocenters. The maximum atomic E-state index is 12.9. The van der Waals surface area contributed by atoms with Gasteiger partial charge in [0.2, 0.25) is 10.0 Å². The number of benzene rings is 1. The van der Waals surface area contributed by atoms with Crippen LogP contribution < -0.4 is 5.73 Å². The second kappa shape index (κ2) is 6.02. The Hall–Kier alpha value is -0.980. The van der Waals surface area contributed by atoms with Crippen molar-refractivity contribution < 1.29 is 8.42 Å². The molecule has 1 fully saturated rings. The van der Waals surface area contributed by atoms with Gasteiger partial charge in [-0.2, -0.15) is 4.31 Å². The third-order valence-corrected chi connectivity index (χ3v) is 6.80. The highest BCUT2D eigenvalue weighted by molar-refractivity contribution is 7.89. The lowest BCUT2D eigenvalue weighted by atomic mass is 9.82. The van der Waals surface area contributed by atoms with Crippen LogP contribution in [0.15, 0.2) is 29.2 Å². The smallest absolute Gasteiger partial charge is 0.243 e. The van der Waals surface area contributed by atoms with E-state index in [1.165, 1.54) is 0 Å². The second-order valence-corrected chi connectivity index (χ2v) is 8.00. The maximum absolute atomic E-state index is 12.9. The Morgan fingerprint density at radius 2 is 1.95 bits per heavy atom. The number of sulfonamides is 1. The summed E-state index contributed by atoms with van der Waals surface area (Å²) in [4.78, 5) is 0.339. The Bertz CT molecular complexity index is 637. The van der Waals surface area contributed by atoms with Gasteiger partial charge in [-0.3, -0.25) is 0 Å². The Labute approximate surface area is 132 Å². The van der Waals surface area contributed by atoms with Crippen molar-refractivity contribution in [3.8, 4) is 0 Å². The van der Waals surface area contributed by atoms with Crippen molar-refractivity contribution in [1.82, 2.24) is 4.31 Å². The summed E-state index contributed by atoms with van der Waals surface area (Å²) in [5.41, 5.74) is 6.20. The van der Waals surface area contributed by atoms with Crippen LogP contribution in [0.25, 0.3) is 0 Å². The zero-order valence-electron chi connectivity index (χ0n) is 12.5. The van der Waals surface area contributed by atoms with Crippen LogP contribution in [0.1, 0.15) is 38.7 Å². The molecule has 0 saturated carbocycles. The van der Waals surface area contributed by atoms with Gasteiger partial charge in [-0.1, -0.05) is 44.3 Å². The van der Waals surface area contributed by atoms with Gasteiger partial charge < -0.3 is 5.73 Å². The molecule has 2 N–H and O–H groups in total. The van der Waals surface area contributed by atoms with Crippen LogP contribution in [0.2, 0.25) is 0 Å². The number of hydrogen-bond donors (Lipinski definition) is 1. The van der Waals surface area contributed by atoms with Crippen LogP contribution in [0.5, 0.6) is 0 Å². The van der Waals surface area contributed by atoms with Gasteiger partial charge in [-0.05, 0) is 30.7 Å². The molecule has 1 aromatic rings. The molecule has 4 nitrogen and oxygen atoms in total. The van der Waals surface area contributed by atoms with Crippen molar-refractivity contribution >= 4 is 27.2 Å². The molecule has 21 heavy (non-hydrogen) atoms. The predicted octanol–water partition coefficient (Wildman–Crippen LogP) is 2.52. The van der Waals surface area contributed by atoms with Gasteiger partial charge in [-0.25, -0.2) is 8.42 Å². The molecular weight excluding hydrogens is 304 g/mol. The molecule has 1 aromatic carbocycles. The number of rotatable bonds is 5. The second-order valence-electron chi connectivity index (χ2n) is 5.66. The monoisotopic (exact) mass is 326 g/mol. The Balaban J connectivity index is 2.39. The van der Waals surface area contributed by atoms with E-state index < -0.39 is 10.0 Å². The first-order valence-corrected chi connectivity index (χ1v) is 9.10. The molecule has 0 amide bonds. The summed E-state index contributed by atoms with van der Waals surface area (Å²) in [6.45, 7) is 5.40. The maximum Gasteiger partial charge on any atom is 0.243 e. The summed E-state index contributed by atoms with van der Waals surface area (Å²) in [7, 11) is -3.54. The molecule has 2 rings (SSSR count). The minimum atomic E-state index is -3.54. The summed E-state index contributed by atoms with van der Waals surface area (Å²) in [6.07, 6.45) is 2.90. The molecule has 0 aliphatic carbocycles. The minimum absolute atomic E-state index is 0.102. The van der Waals surface area contributed by atoms with Crippen molar-refractivity contribution in [3.05, 3.63) is 29.8 Å². The molecule has 0 aromatic heterocycles. The van der Waals surface area contributed by atoms with Gasteiger partial charge in [-0.15, -0.1) is 0 Å². The van der Waals surface area contributed by atoms with Crippen molar-refractivity contribution in [1.29, 1.82) is 0 Å². The molecule has 116 valence electrons. The average Bonchev–Trinajstić information content (AvgIpc) is 2.93. The Morgan fingerprint density at radius 1 is 1.33 bits per heavy atom. The Kier molecular flexibility index (Phi) is 4.70. The van der Waals surface area contributed by atoms with Crippen LogP contribution in [0.3, 0.4) is 0 Å². The summed E-state index contributed by atoms with van der Waals surface area (Å²) in [5.74, 6) is 0. The first-order valence-electron chi connectivity index (χ1n) is 7.25. The molecule has 0 spiro atoms. The molecule has 0 radical (unpaired) electrons. The lowest BCUT2D eigenvalue weighted by molar-refractivity contribution is 0.279. The molecule has 1 aliphatic heterocycles. The third-order valence-electron chi connectivity index (χ3n) is 4.67. The van der Waals surface area contributed by atoms with Crippen LogP contribution >= 0.6 is 12.2 Å². The van der Waals surface area contributed by atoms with E-state index in [1.807, 2.05) is 0 Å². The Morgan fingerprint density at radius 3 is 2.48 bits per heavy atom. The predicted molar refractivity (Wildman–Crippen MR) is 88.7 cm³/mol. The molecule has 6 heteroatoms. The fourth-order valence-electron chi connectivity index (χ4n) is 2.96. The normalized spacial score (nSPS) is 18.8. The van der Waals surface area contributed by atoms with E-state index in [2.05, 4.69) is 13.8 Å². The SMILES string of the molecule is CCC1(CC)CCN(S(=O)(=O)c2ccccc2C(N)=S)C1. The highest BCUT2D eigenvalue weighted by Gasteiger charge is 2.41. The van der Waals surface area contributed by atoms with Crippen molar-refractivity contribution in [3.63, 3.8) is 0 Å². The van der Waals surface area contributed by atoms with Crippen molar-refractivity contribution in [2.75, 3.05) is 13.1 Å². The van der Waals surface area contributed by atoms with Crippen LogP contribution in [-0.4, -0.2) is 30.8 Å². The van der Waals surface area contributed by atoms with E-state index in [9.17, 15) is 8.42 Å². The van der Waals surface area contributed by atoms with Crippen molar-refractivity contribution in [2.24, 2.45) is 11.1 Å². The van der Waals surface area contributed by atoms with Crippen LogP contribution in [-0.2, 0) is 10.0 Å². The van der Waals surface area contributed by atoms with E-state index in [-0.39, 0.29) is 15.3 Å². The molecule has 1 heterocycles. The lowest BCUT2D eigenvalue weighted by Crippen LogP contribution is -2.33. The number of nitrogens with zero attached hydrogens (tertiary/aromatic N) is 1. The molecule has 0 atom stereocenters. The van der Waals surface area contributed by atoms with Gasteiger partial charge in [0.05, 0.1) is 4.90 Å². The topological polar surface area (TPSA) is 63.4 Å². The highest BCUT2D eigenvalue weighted by atomic mass is 32.2. The average molecular weight is 326 g/mol. The van der Waals surface area contributed by atoms with E-state index in [1.54, 1.807) is 28.6 Å². The van der Waals surface area contributed by atoms with E-state index in [0.717, 1.165) is 19.3 Å². The molecule has 0 bridgehead atoms. The van der Waals surface area contributed by atoms with Gasteiger partial charge in [0.15, 0.2) is 0 Å². The fourth-order valence-corrected chi connectivity index (χ4v) is 4.96. The summed E-state index contributed by atoms with van der Waals surface area (Å²) in [5, 5.41) is 0. The lowest BCUT2D eigenvalue weighted by Gasteiger charge is -2.26. The molecular formula is C15H22N2O2S2. The van der Waals surface area contributed by atoms with E-state index >= 15 is 0 Å². The summed E-state index contributed by atoms with van der Waals surface area (Å²) < 4.78 is 27.4. The first-order chi connectivity index (χ1) is 9.86. The third kappa shape index (κ3) is 2.98. The van der Waals surface area contributed by atoms with Crippen LogP contribution in [0, 0.1) is 5.41 Å². The van der Waals surface area contributed by atoms with Gasteiger partial charge in [0, 0.05) is 18.7 Å². The summed E-state index contributed by atoms with van der Waals surface area (Å²) in [6, 6.07) is 6.71. The largest absolute Gasteiger partial charge is 0.389 e. The minimum Gasteiger partial charge on any atom is -0.389 e. The number of nitrogens with two attached hydrogens (primary N) is 1. The zero-order chi connectivity index (χ0) is 15.7. The summed E-state index contributed by atoms with van der Waals surface area (Å²) >= 11 is 4.98. The van der Waals surface area contributed by atoms with Gasteiger partial charge >= 0.3 is 0 Å². The number of thiocarbonyl (C=S) groups is 1. The number of hydrogen-bond acceptors (Lipinski definition) is 3. The highest BCUT2D eigenvalue weighted by Crippen LogP contribution is 2.39. The van der Waals surface area contributed by atoms with E-state index in [0.29, 0.717) is 18.7 Å². The fraction of sp³-hybridized carbons (Fsp3) is 0.533. The van der Waals surface area contributed by atoms with Gasteiger partial charge in [0.25, 0.3) is 0 Å². The first kappa shape index (κ1) is 16.4. The molecule has 1 saturated heterocycles. The zero-order valence-corrected chi connectivity index (χ0v) is 14.1. The molecule has 1 aliphatic rings. The van der Waals surface area contributed by atoms with E-state index in [4.69, 9.17) is 18.0 Å².